The summed E-state index contributed by atoms with van der Waals surface area (Å²) in [7, 11) is 0. The largest absolute Gasteiger partial charge is 2.00 e. The minimum atomic E-state index is 0. The molecule has 0 bridgehead atoms. The first kappa shape index (κ1) is 16.1. The second-order valence-electron chi connectivity index (χ2n) is 1.02. The molecule has 1 heterocycles. The van der Waals surface area contributed by atoms with E-state index in [1.54, 1.807) is 12.4 Å². The molecule has 0 N–H and O–H groups in total. The van der Waals surface area contributed by atoms with Gasteiger partial charge in [-0.2, -0.15) is 0 Å². The van der Waals surface area contributed by atoms with E-state index in [0.29, 0.717) is 0 Å². The van der Waals surface area contributed by atoms with E-state index in [1.165, 1.54) is 0 Å². The summed E-state index contributed by atoms with van der Waals surface area (Å²) in [6, 6.07) is 5.72. The van der Waals surface area contributed by atoms with Crippen LogP contribution in [0.15, 0.2) is 30.6 Å². The molecule has 1 rings (SSSR count). The minimum Gasteiger partial charge on any atom is -1.00 e. The fourth-order valence-electron chi connectivity index (χ4n) is 0.313. The van der Waals surface area contributed by atoms with Gasteiger partial charge in [0.1, 0.15) is 0 Å². The van der Waals surface area contributed by atoms with Crippen molar-refractivity contribution in [3.8, 4) is 0 Å². The molecule has 1 nitrogen and oxygen atoms in total. The molecule has 0 saturated heterocycles. The Hall–Kier alpha value is 0.249. The summed E-state index contributed by atoms with van der Waals surface area (Å²) in [6.45, 7) is 0. The summed E-state index contributed by atoms with van der Waals surface area (Å²) in [6.07, 6.45) is 3.50. The molecule has 0 aliphatic carbocycles. The standard InChI is InChI=1S/C5H5N.2ClH.Fe/c1-2-4-6-5-3-1;;;/h1-5H;2*1H;/q;;;+2/p-2. The molecule has 0 atom stereocenters. The van der Waals surface area contributed by atoms with Crippen LogP contribution in [0, 0.1) is 0 Å². The Labute approximate surface area is 77.6 Å². The van der Waals surface area contributed by atoms with E-state index in [-0.39, 0.29) is 41.9 Å². The maximum absolute atomic E-state index is 3.78. The molecule has 1 aromatic rings. The predicted octanol–water partition coefficient (Wildman–Crippen LogP) is -4.91. The molecule has 0 aromatic carbocycles. The quantitative estimate of drug-likeness (QED) is 0.387. The Bertz CT molecular complexity index is 86.9. The van der Waals surface area contributed by atoms with Crippen LogP contribution in [0.5, 0.6) is 0 Å². The van der Waals surface area contributed by atoms with E-state index in [0.717, 1.165) is 0 Å². The van der Waals surface area contributed by atoms with Gasteiger partial charge in [-0.3, -0.25) is 4.98 Å². The Morgan fingerprint density at radius 3 is 1.33 bits per heavy atom. The van der Waals surface area contributed by atoms with Gasteiger partial charge in [0, 0.05) is 12.4 Å². The van der Waals surface area contributed by atoms with Crippen molar-refractivity contribution in [1.29, 1.82) is 0 Å². The number of rotatable bonds is 0. The second kappa shape index (κ2) is 11.1. The summed E-state index contributed by atoms with van der Waals surface area (Å²) in [5.41, 5.74) is 0. The van der Waals surface area contributed by atoms with Gasteiger partial charge in [0.25, 0.3) is 0 Å². The van der Waals surface area contributed by atoms with E-state index in [2.05, 4.69) is 4.98 Å². The number of halogens is 2. The molecule has 0 unspecified atom stereocenters. The van der Waals surface area contributed by atoms with Gasteiger partial charge in [-0.25, -0.2) is 0 Å². The Morgan fingerprint density at radius 2 is 1.22 bits per heavy atom. The third kappa shape index (κ3) is 8.25. The van der Waals surface area contributed by atoms with Gasteiger partial charge >= 0.3 is 17.1 Å². The Balaban J connectivity index is -0.000000120. The van der Waals surface area contributed by atoms with Gasteiger partial charge in [0.15, 0.2) is 0 Å². The molecular weight excluding hydrogens is 201 g/mol. The van der Waals surface area contributed by atoms with Crippen molar-refractivity contribution in [3.63, 3.8) is 0 Å². The molecule has 0 saturated carbocycles. The van der Waals surface area contributed by atoms with Crippen molar-refractivity contribution in [2.45, 2.75) is 0 Å². The molecule has 1 aromatic heterocycles. The van der Waals surface area contributed by atoms with Crippen molar-refractivity contribution >= 4 is 0 Å². The van der Waals surface area contributed by atoms with Crippen LogP contribution in [0.4, 0.5) is 0 Å². The third-order valence-electron chi connectivity index (χ3n) is 0.566. The first-order chi connectivity index (χ1) is 3.00. The first-order valence-corrected chi connectivity index (χ1v) is 1.85. The normalized spacial score (nSPS) is 5.33. The molecule has 0 fully saturated rings. The molecule has 4 heteroatoms. The van der Waals surface area contributed by atoms with E-state index >= 15 is 0 Å². The van der Waals surface area contributed by atoms with Crippen molar-refractivity contribution in [2.24, 2.45) is 0 Å². The van der Waals surface area contributed by atoms with Gasteiger partial charge in [0.05, 0.1) is 0 Å². The van der Waals surface area contributed by atoms with Crippen molar-refractivity contribution < 1.29 is 41.9 Å². The van der Waals surface area contributed by atoms with Gasteiger partial charge in [-0.15, -0.1) is 0 Å². The fraction of sp³-hybridized carbons (Fsp3) is 0. The Morgan fingerprint density at radius 1 is 0.778 bits per heavy atom. The summed E-state index contributed by atoms with van der Waals surface area (Å²) < 4.78 is 0. The number of aromatic nitrogens is 1. The van der Waals surface area contributed by atoms with E-state index in [1.807, 2.05) is 18.2 Å². The molecule has 0 aliphatic rings. The average Bonchev–Trinajstić information content (AvgIpc) is 1.72. The van der Waals surface area contributed by atoms with Gasteiger partial charge in [-0.05, 0) is 12.1 Å². The van der Waals surface area contributed by atoms with Crippen LogP contribution in [-0.4, -0.2) is 4.98 Å². The third-order valence-corrected chi connectivity index (χ3v) is 0.566. The number of hydrogen-bond donors (Lipinski definition) is 0. The maximum Gasteiger partial charge on any atom is 2.00 e. The Kier molecular flexibility index (Phi) is 19.9. The van der Waals surface area contributed by atoms with Crippen LogP contribution in [0.2, 0.25) is 0 Å². The first-order valence-electron chi connectivity index (χ1n) is 1.85. The van der Waals surface area contributed by atoms with Crippen molar-refractivity contribution in [1.82, 2.24) is 4.98 Å². The summed E-state index contributed by atoms with van der Waals surface area (Å²) in [5, 5.41) is 0. The molecule has 0 amide bonds. The fourth-order valence-corrected chi connectivity index (χ4v) is 0.313. The predicted molar refractivity (Wildman–Crippen MR) is 24.2 cm³/mol. The monoisotopic (exact) mass is 205 g/mol. The molecular formula is C5H5Cl2FeN. The summed E-state index contributed by atoms with van der Waals surface area (Å²) in [5.74, 6) is 0. The van der Waals surface area contributed by atoms with Crippen LogP contribution in [-0.2, 0) is 17.1 Å². The summed E-state index contributed by atoms with van der Waals surface area (Å²) >= 11 is 0. The molecule has 52 valence electrons. The van der Waals surface area contributed by atoms with Crippen LogP contribution >= 0.6 is 0 Å². The van der Waals surface area contributed by atoms with Crippen LogP contribution in [0.3, 0.4) is 0 Å². The second-order valence-corrected chi connectivity index (χ2v) is 1.02. The smallest absolute Gasteiger partial charge is 1.00 e. The number of nitrogens with zero attached hydrogens (tertiary/aromatic N) is 1. The van der Waals surface area contributed by atoms with Crippen LogP contribution in [0.25, 0.3) is 0 Å². The zero-order valence-electron chi connectivity index (χ0n) is 4.44. The van der Waals surface area contributed by atoms with Crippen molar-refractivity contribution in [3.05, 3.63) is 30.6 Å². The molecule has 0 aliphatic heterocycles. The zero-order valence-corrected chi connectivity index (χ0v) is 7.06. The molecule has 9 heavy (non-hydrogen) atoms. The van der Waals surface area contributed by atoms with E-state index in [9.17, 15) is 0 Å². The number of pyridine rings is 1. The average molecular weight is 206 g/mol. The summed E-state index contributed by atoms with van der Waals surface area (Å²) in [4.78, 5) is 3.78. The molecule has 0 radical (unpaired) electrons. The minimum absolute atomic E-state index is 0. The van der Waals surface area contributed by atoms with Crippen LogP contribution in [0.1, 0.15) is 0 Å². The van der Waals surface area contributed by atoms with E-state index in [4.69, 9.17) is 0 Å². The zero-order chi connectivity index (χ0) is 4.24. The topological polar surface area (TPSA) is 12.9 Å². The maximum atomic E-state index is 3.78. The van der Waals surface area contributed by atoms with Gasteiger partial charge in [-0.1, -0.05) is 6.07 Å². The number of hydrogen-bond acceptors (Lipinski definition) is 1. The van der Waals surface area contributed by atoms with E-state index < -0.39 is 0 Å². The van der Waals surface area contributed by atoms with Crippen molar-refractivity contribution in [2.75, 3.05) is 0 Å². The van der Waals surface area contributed by atoms with Crippen LogP contribution < -0.4 is 24.8 Å². The van der Waals surface area contributed by atoms with Gasteiger partial charge < -0.3 is 24.8 Å². The molecule has 0 spiro atoms. The van der Waals surface area contributed by atoms with Gasteiger partial charge in [0.2, 0.25) is 0 Å². The SMILES string of the molecule is [Cl-].[Cl-].[Fe+2].c1ccncc1.